The number of guanidine groups is 1. The molecule has 1 fully saturated rings. The molecular weight excluding hydrogens is 433 g/mol. The first-order chi connectivity index (χ1) is 7.77. The molecule has 1 aliphatic heterocycles. The van der Waals surface area contributed by atoms with Crippen LogP contribution in [0, 0.1) is 0 Å². The Morgan fingerprint density at radius 3 is 2.76 bits per heavy atom. The van der Waals surface area contributed by atoms with Crippen molar-refractivity contribution in [1.29, 1.82) is 0 Å². The zero-order valence-electron chi connectivity index (χ0n) is 9.26. The second-order valence-corrected chi connectivity index (χ2v) is 6.55. The predicted octanol–water partition coefficient (Wildman–Crippen LogP) is 2.99. The van der Waals surface area contributed by atoms with Crippen molar-refractivity contribution >= 4 is 69.0 Å². The highest BCUT2D eigenvalue weighted by atomic mass is 127. The molecule has 1 aromatic heterocycles. The average Bonchev–Trinajstić information content (AvgIpc) is 2.73. The first-order valence-corrected chi connectivity index (χ1v) is 7.94. The molecule has 3 nitrogen and oxygen atoms in total. The van der Waals surface area contributed by atoms with Crippen LogP contribution in [0.15, 0.2) is 20.9 Å². The second-order valence-electron chi connectivity index (χ2n) is 3.47. The molecule has 0 atom stereocenters. The van der Waals surface area contributed by atoms with Crippen LogP contribution >= 0.6 is 63.0 Å². The molecular formula is C10H15BrIN3S2. The standard InChI is InChI=1S/C10H14BrN3S2.HI/c11-8-1-4-16-9(8)7-13-10(12)14-2-5-15-6-3-14;/h1,4H,2-3,5-7H2,(H2,12,13);1H. The van der Waals surface area contributed by atoms with E-state index in [0.717, 1.165) is 29.1 Å². The topological polar surface area (TPSA) is 41.6 Å². The summed E-state index contributed by atoms with van der Waals surface area (Å²) in [5.41, 5.74) is 5.97. The number of nitrogens with zero attached hydrogens (tertiary/aromatic N) is 2. The summed E-state index contributed by atoms with van der Waals surface area (Å²) < 4.78 is 1.13. The van der Waals surface area contributed by atoms with E-state index < -0.39 is 0 Å². The van der Waals surface area contributed by atoms with E-state index in [1.54, 1.807) is 11.3 Å². The van der Waals surface area contributed by atoms with Crippen molar-refractivity contribution in [3.8, 4) is 0 Å². The van der Waals surface area contributed by atoms with Gasteiger partial charge in [0.15, 0.2) is 5.96 Å². The van der Waals surface area contributed by atoms with Gasteiger partial charge in [0.05, 0.1) is 6.54 Å². The van der Waals surface area contributed by atoms with Crippen molar-refractivity contribution in [2.24, 2.45) is 10.7 Å². The average molecular weight is 448 g/mol. The number of thioether (sulfide) groups is 1. The predicted molar refractivity (Wildman–Crippen MR) is 91.7 cm³/mol. The fourth-order valence-electron chi connectivity index (χ4n) is 1.48. The summed E-state index contributed by atoms with van der Waals surface area (Å²) in [6, 6.07) is 2.04. The molecule has 1 aromatic rings. The lowest BCUT2D eigenvalue weighted by molar-refractivity contribution is 0.456. The van der Waals surface area contributed by atoms with Crippen LogP contribution in [0.25, 0.3) is 0 Å². The van der Waals surface area contributed by atoms with Crippen molar-refractivity contribution < 1.29 is 0 Å². The molecule has 0 radical (unpaired) electrons. The van der Waals surface area contributed by atoms with Gasteiger partial charge in [-0.1, -0.05) is 0 Å². The number of thiophene rings is 1. The Morgan fingerprint density at radius 1 is 1.47 bits per heavy atom. The highest BCUT2D eigenvalue weighted by Gasteiger charge is 2.12. The summed E-state index contributed by atoms with van der Waals surface area (Å²) in [5.74, 6) is 2.98. The molecule has 0 aromatic carbocycles. The van der Waals surface area contributed by atoms with Gasteiger partial charge in [-0.05, 0) is 27.4 Å². The summed E-state index contributed by atoms with van der Waals surface area (Å²) >= 11 is 7.18. The maximum absolute atomic E-state index is 5.97. The van der Waals surface area contributed by atoms with Crippen LogP contribution in [-0.4, -0.2) is 35.5 Å². The van der Waals surface area contributed by atoms with E-state index in [4.69, 9.17) is 5.73 Å². The molecule has 2 rings (SSSR count). The minimum Gasteiger partial charge on any atom is -0.370 e. The third kappa shape index (κ3) is 4.60. The van der Waals surface area contributed by atoms with Crippen molar-refractivity contribution in [2.75, 3.05) is 24.6 Å². The number of halogens is 2. The van der Waals surface area contributed by atoms with Crippen LogP contribution in [-0.2, 0) is 6.54 Å². The summed E-state index contributed by atoms with van der Waals surface area (Å²) in [6.45, 7) is 2.71. The molecule has 2 N–H and O–H groups in total. The Kier molecular flexibility index (Phi) is 7.20. The fourth-order valence-corrected chi connectivity index (χ4v) is 3.79. The molecule has 96 valence electrons. The normalized spacial score (nSPS) is 16.8. The van der Waals surface area contributed by atoms with Crippen LogP contribution in [0.4, 0.5) is 0 Å². The molecule has 1 saturated heterocycles. The maximum Gasteiger partial charge on any atom is 0.191 e. The largest absolute Gasteiger partial charge is 0.370 e. The molecule has 0 spiro atoms. The first-order valence-electron chi connectivity index (χ1n) is 5.12. The Bertz CT molecular complexity index is 377. The van der Waals surface area contributed by atoms with Crippen LogP contribution < -0.4 is 5.73 Å². The second kappa shape index (κ2) is 7.85. The first kappa shape index (κ1) is 15.6. The summed E-state index contributed by atoms with van der Waals surface area (Å²) in [6.07, 6.45) is 0. The monoisotopic (exact) mass is 447 g/mol. The molecule has 17 heavy (non-hydrogen) atoms. The fraction of sp³-hybridized carbons (Fsp3) is 0.500. The number of hydrogen-bond acceptors (Lipinski definition) is 3. The van der Waals surface area contributed by atoms with Crippen molar-refractivity contribution in [2.45, 2.75) is 6.54 Å². The van der Waals surface area contributed by atoms with Gasteiger partial charge in [0.25, 0.3) is 0 Å². The van der Waals surface area contributed by atoms with E-state index in [2.05, 4.69) is 31.2 Å². The van der Waals surface area contributed by atoms with E-state index in [-0.39, 0.29) is 24.0 Å². The Morgan fingerprint density at radius 2 is 2.18 bits per heavy atom. The molecule has 0 bridgehead atoms. The van der Waals surface area contributed by atoms with Gasteiger partial charge in [0.1, 0.15) is 0 Å². The van der Waals surface area contributed by atoms with Crippen molar-refractivity contribution in [3.63, 3.8) is 0 Å². The van der Waals surface area contributed by atoms with Gasteiger partial charge < -0.3 is 10.6 Å². The highest BCUT2D eigenvalue weighted by Crippen LogP contribution is 2.23. The number of nitrogens with two attached hydrogens (primary N) is 1. The van der Waals surface area contributed by atoms with Gasteiger partial charge in [0.2, 0.25) is 0 Å². The van der Waals surface area contributed by atoms with Gasteiger partial charge in [-0.3, -0.25) is 0 Å². The summed E-state index contributed by atoms with van der Waals surface area (Å²) in [5, 5.41) is 2.06. The third-order valence-corrected chi connectivity index (χ3v) is 5.26. The van der Waals surface area contributed by atoms with E-state index in [1.807, 2.05) is 17.8 Å². The van der Waals surface area contributed by atoms with Crippen LogP contribution in [0.2, 0.25) is 0 Å². The van der Waals surface area contributed by atoms with E-state index in [0.29, 0.717) is 12.5 Å². The third-order valence-electron chi connectivity index (χ3n) is 2.41. The summed E-state index contributed by atoms with van der Waals surface area (Å²) in [7, 11) is 0. The number of hydrogen-bond donors (Lipinski definition) is 1. The van der Waals surface area contributed by atoms with E-state index >= 15 is 0 Å². The highest BCUT2D eigenvalue weighted by molar-refractivity contribution is 14.0. The molecule has 0 aliphatic carbocycles. The van der Waals surface area contributed by atoms with Gasteiger partial charge in [-0.25, -0.2) is 4.99 Å². The van der Waals surface area contributed by atoms with E-state index in [1.165, 1.54) is 4.88 Å². The number of aliphatic imine (C=N–C) groups is 1. The lowest BCUT2D eigenvalue weighted by Crippen LogP contribution is -2.42. The molecule has 2 heterocycles. The van der Waals surface area contributed by atoms with Crippen LogP contribution in [0.3, 0.4) is 0 Å². The van der Waals surface area contributed by atoms with Crippen LogP contribution in [0.5, 0.6) is 0 Å². The smallest absolute Gasteiger partial charge is 0.191 e. The number of rotatable bonds is 2. The minimum atomic E-state index is 0. The SMILES string of the molecule is I.NC(=NCc1sccc1Br)N1CCSCC1. The molecule has 0 saturated carbocycles. The quantitative estimate of drug-likeness (QED) is 0.430. The molecule has 0 amide bonds. The molecule has 7 heteroatoms. The van der Waals surface area contributed by atoms with Gasteiger partial charge in [-0.15, -0.1) is 35.3 Å². The zero-order valence-corrected chi connectivity index (χ0v) is 14.8. The minimum absolute atomic E-state index is 0. The lowest BCUT2D eigenvalue weighted by atomic mass is 10.4. The van der Waals surface area contributed by atoms with Crippen LogP contribution in [0.1, 0.15) is 4.88 Å². The van der Waals surface area contributed by atoms with Gasteiger partial charge in [0, 0.05) is 33.9 Å². The lowest BCUT2D eigenvalue weighted by Gasteiger charge is -2.27. The summed E-state index contributed by atoms with van der Waals surface area (Å²) in [4.78, 5) is 7.84. The van der Waals surface area contributed by atoms with Gasteiger partial charge >= 0.3 is 0 Å². The van der Waals surface area contributed by atoms with Gasteiger partial charge in [-0.2, -0.15) is 11.8 Å². The van der Waals surface area contributed by atoms with Crippen molar-refractivity contribution in [1.82, 2.24) is 4.90 Å². The molecule has 0 unspecified atom stereocenters. The van der Waals surface area contributed by atoms with Crippen molar-refractivity contribution in [3.05, 3.63) is 20.8 Å². The van der Waals surface area contributed by atoms with E-state index in [9.17, 15) is 0 Å². The zero-order chi connectivity index (χ0) is 11.4. The Labute approximate surface area is 135 Å². The molecule has 1 aliphatic rings. The maximum atomic E-state index is 5.97. The Hall–Kier alpha value is 0.530. The Balaban J connectivity index is 0.00000144.